The fraction of sp³-hybridized carbons (Fsp3) is 0.632. The summed E-state index contributed by atoms with van der Waals surface area (Å²) in [7, 11) is -0.342. The lowest BCUT2D eigenvalue weighted by atomic mass is 9.94. The molecule has 0 radical (unpaired) electrons. The fourth-order valence-electron chi connectivity index (χ4n) is 3.61. The third-order valence-corrected chi connectivity index (χ3v) is 8.63. The predicted octanol–water partition coefficient (Wildman–Crippen LogP) is 5.32. The molecule has 0 atom stereocenters. The Labute approximate surface area is 132 Å². The van der Waals surface area contributed by atoms with Gasteiger partial charge in [-0.2, -0.15) is 5.26 Å². The van der Waals surface area contributed by atoms with Gasteiger partial charge in [-0.15, -0.1) is 0 Å². The van der Waals surface area contributed by atoms with Crippen molar-refractivity contribution in [3.63, 3.8) is 0 Å². The summed E-state index contributed by atoms with van der Waals surface area (Å²) in [6, 6.07) is 15.2. The Balaban J connectivity index is 1.65. The van der Waals surface area contributed by atoms with Gasteiger partial charge in [-0.25, -0.2) is 0 Å². The van der Waals surface area contributed by atoms with Crippen LogP contribution in [-0.2, 0) is 6.42 Å². The highest BCUT2D eigenvalue weighted by Gasteiger charge is 2.21. The van der Waals surface area contributed by atoms with Gasteiger partial charge in [0.2, 0.25) is 0 Å². The lowest BCUT2D eigenvalue weighted by Gasteiger charge is -2.27. The highest BCUT2D eigenvalue weighted by atomic mass is 28.3. The molecule has 0 amide bonds. The topological polar surface area (TPSA) is 23.8 Å². The van der Waals surface area contributed by atoms with Gasteiger partial charge in [0.05, 0.1) is 11.6 Å². The fourth-order valence-corrected chi connectivity index (χ4v) is 7.23. The Morgan fingerprint density at radius 1 is 1.14 bits per heavy atom. The molecule has 0 bridgehead atoms. The van der Waals surface area contributed by atoms with E-state index < -0.39 is 0 Å². The molecule has 21 heavy (non-hydrogen) atoms. The summed E-state index contributed by atoms with van der Waals surface area (Å²) in [6.45, 7) is 2.31. The Morgan fingerprint density at radius 2 is 1.86 bits per heavy atom. The molecule has 1 nitrogen and oxygen atoms in total. The van der Waals surface area contributed by atoms with Gasteiger partial charge in [0.15, 0.2) is 0 Å². The number of hydrogen-bond donors (Lipinski definition) is 0. The number of nitrogens with zero attached hydrogens (tertiary/aromatic N) is 1. The van der Waals surface area contributed by atoms with Crippen LogP contribution in [0.3, 0.4) is 0 Å². The van der Waals surface area contributed by atoms with Crippen molar-refractivity contribution in [1.82, 2.24) is 0 Å². The van der Waals surface area contributed by atoms with Crippen LogP contribution in [0.5, 0.6) is 0 Å². The average molecular weight is 300 g/mol. The second kappa shape index (κ2) is 9.05. The quantitative estimate of drug-likeness (QED) is 0.494. The van der Waals surface area contributed by atoms with Gasteiger partial charge in [-0.05, 0) is 36.5 Å². The molecule has 1 aliphatic rings. The first-order valence-electron chi connectivity index (χ1n) is 8.81. The maximum absolute atomic E-state index is 8.82. The van der Waals surface area contributed by atoms with Gasteiger partial charge >= 0.3 is 0 Å². The smallest absolute Gasteiger partial charge is 0.0991 e. The summed E-state index contributed by atoms with van der Waals surface area (Å²) in [6.07, 6.45) is 9.86. The molecule has 0 saturated carbocycles. The van der Waals surface area contributed by atoms with E-state index in [9.17, 15) is 0 Å². The van der Waals surface area contributed by atoms with E-state index in [0.29, 0.717) is 0 Å². The summed E-state index contributed by atoms with van der Waals surface area (Å²) in [4.78, 5) is 0. The van der Waals surface area contributed by atoms with E-state index in [1.54, 1.807) is 18.1 Å². The van der Waals surface area contributed by atoms with Crippen LogP contribution >= 0.6 is 0 Å². The molecule has 0 unspecified atom stereocenters. The number of rotatable bonds is 7. The lowest BCUT2D eigenvalue weighted by molar-refractivity contribution is 0.437. The van der Waals surface area contributed by atoms with Crippen molar-refractivity contribution < 1.29 is 0 Å². The Hall–Kier alpha value is -1.07. The molecular formula is C19H29NSi. The summed E-state index contributed by atoms with van der Waals surface area (Å²) >= 11 is 0. The molecule has 0 N–H and O–H groups in total. The summed E-state index contributed by atoms with van der Waals surface area (Å²) in [5.74, 6) is 0.968. The highest BCUT2D eigenvalue weighted by molar-refractivity contribution is 6.58. The van der Waals surface area contributed by atoms with Crippen molar-refractivity contribution in [2.45, 2.75) is 70.0 Å². The zero-order chi connectivity index (χ0) is 14.9. The van der Waals surface area contributed by atoms with E-state index in [4.69, 9.17) is 5.26 Å². The van der Waals surface area contributed by atoms with Crippen LogP contribution in [0.2, 0.25) is 18.1 Å². The van der Waals surface area contributed by atoms with E-state index in [1.807, 2.05) is 12.1 Å². The van der Waals surface area contributed by atoms with Gasteiger partial charge in [0, 0.05) is 8.80 Å². The molecule has 1 aliphatic heterocycles. The van der Waals surface area contributed by atoms with Crippen molar-refractivity contribution in [2.24, 2.45) is 5.92 Å². The molecule has 2 rings (SSSR count). The monoisotopic (exact) mass is 299 g/mol. The molecular weight excluding hydrogens is 270 g/mol. The van der Waals surface area contributed by atoms with E-state index in [0.717, 1.165) is 11.5 Å². The van der Waals surface area contributed by atoms with Gasteiger partial charge in [-0.3, -0.25) is 0 Å². The maximum atomic E-state index is 8.82. The first kappa shape index (κ1) is 16.3. The zero-order valence-electron chi connectivity index (χ0n) is 13.5. The normalized spacial score (nSPS) is 21.9. The van der Waals surface area contributed by atoms with E-state index in [-0.39, 0.29) is 8.80 Å². The number of benzene rings is 1. The largest absolute Gasteiger partial charge is 0.192 e. The summed E-state index contributed by atoms with van der Waals surface area (Å²) in [5.41, 5.74) is 2.17. The van der Waals surface area contributed by atoms with Crippen LogP contribution < -0.4 is 0 Å². The molecule has 0 aromatic heterocycles. The highest BCUT2D eigenvalue weighted by Crippen LogP contribution is 2.31. The molecule has 1 aromatic rings. The van der Waals surface area contributed by atoms with Crippen LogP contribution in [-0.4, -0.2) is 8.80 Å². The number of aryl methyl sites for hydroxylation is 1. The van der Waals surface area contributed by atoms with Crippen LogP contribution in [0.4, 0.5) is 0 Å². The second-order valence-electron chi connectivity index (χ2n) is 6.73. The van der Waals surface area contributed by atoms with Crippen molar-refractivity contribution in [2.75, 3.05) is 0 Å². The SMILES string of the molecule is CCCCC[SiH]1CCC(CCc2ccc(C#N)cc2)CC1. The Bertz CT molecular complexity index is 438. The third kappa shape index (κ3) is 5.67. The summed E-state index contributed by atoms with van der Waals surface area (Å²) in [5, 5.41) is 8.82. The van der Waals surface area contributed by atoms with Crippen molar-refractivity contribution >= 4 is 8.80 Å². The number of unbranched alkanes of at least 4 members (excludes halogenated alkanes) is 2. The van der Waals surface area contributed by atoms with Gasteiger partial charge < -0.3 is 0 Å². The van der Waals surface area contributed by atoms with Crippen molar-refractivity contribution in [3.05, 3.63) is 35.4 Å². The summed E-state index contributed by atoms with van der Waals surface area (Å²) < 4.78 is 0. The van der Waals surface area contributed by atoms with Crippen LogP contribution in [0.1, 0.15) is 56.6 Å². The van der Waals surface area contributed by atoms with E-state index in [2.05, 4.69) is 25.1 Å². The Kier molecular flexibility index (Phi) is 7.02. The minimum Gasteiger partial charge on any atom is -0.192 e. The van der Waals surface area contributed by atoms with Gasteiger partial charge in [0.1, 0.15) is 0 Å². The van der Waals surface area contributed by atoms with Crippen molar-refractivity contribution in [3.8, 4) is 6.07 Å². The molecule has 2 heteroatoms. The molecule has 1 saturated heterocycles. The van der Waals surface area contributed by atoms with Crippen molar-refractivity contribution in [1.29, 1.82) is 5.26 Å². The van der Waals surface area contributed by atoms with E-state index >= 15 is 0 Å². The third-order valence-electron chi connectivity index (χ3n) is 5.11. The average Bonchev–Trinajstić information content (AvgIpc) is 2.55. The lowest BCUT2D eigenvalue weighted by Crippen LogP contribution is -2.21. The molecule has 114 valence electrons. The standard InChI is InChI=1S/C19H29NSi/c1-2-3-4-13-21-14-11-18(12-15-21)6-5-17-7-9-19(16-20)10-8-17/h7-10,18,21H,2-6,11-15H2,1H3. The maximum Gasteiger partial charge on any atom is 0.0991 e. The second-order valence-corrected chi connectivity index (χ2v) is 10.2. The van der Waals surface area contributed by atoms with Crippen LogP contribution in [0.15, 0.2) is 24.3 Å². The van der Waals surface area contributed by atoms with Gasteiger partial charge in [0.25, 0.3) is 0 Å². The van der Waals surface area contributed by atoms with E-state index in [1.165, 1.54) is 50.5 Å². The number of nitriles is 1. The molecule has 0 aliphatic carbocycles. The minimum atomic E-state index is -0.342. The van der Waals surface area contributed by atoms with Crippen LogP contribution in [0, 0.1) is 17.2 Å². The first-order valence-corrected chi connectivity index (χ1v) is 11.3. The van der Waals surface area contributed by atoms with Crippen LogP contribution in [0.25, 0.3) is 0 Å². The first-order chi connectivity index (χ1) is 10.3. The van der Waals surface area contributed by atoms with Gasteiger partial charge in [-0.1, -0.05) is 69.3 Å². The predicted molar refractivity (Wildman–Crippen MR) is 93.3 cm³/mol. The number of hydrogen-bond acceptors (Lipinski definition) is 1. The zero-order valence-corrected chi connectivity index (χ0v) is 14.6. The Morgan fingerprint density at radius 3 is 2.48 bits per heavy atom. The molecule has 1 fully saturated rings. The minimum absolute atomic E-state index is 0.342. The molecule has 1 aromatic carbocycles. The molecule has 0 spiro atoms. The molecule has 1 heterocycles.